The number of furan rings is 1. The first kappa shape index (κ1) is 18.9. The van der Waals surface area contributed by atoms with Crippen LogP contribution in [-0.4, -0.2) is 20.1 Å². The number of rotatable bonds is 6. The number of hydrogen-bond donors (Lipinski definition) is 1. The molecule has 1 N–H and O–H groups in total. The van der Waals surface area contributed by atoms with Crippen molar-refractivity contribution in [2.45, 2.75) is 39.3 Å². The van der Waals surface area contributed by atoms with Crippen LogP contribution in [0.3, 0.4) is 0 Å². The van der Waals surface area contributed by atoms with Gasteiger partial charge in [-0.3, -0.25) is 14.0 Å². The molecule has 29 heavy (non-hydrogen) atoms. The van der Waals surface area contributed by atoms with E-state index in [1.807, 2.05) is 13.8 Å². The van der Waals surface area contributed by atoms with Crippen LogP contribution in [0.2, 0.25) is 0 Å². The number of hydrogen-bond acceptors (Lipinski definition) is 4. The number of fused-ring (bicyclic) bond motifs is 3. The quantitative estimate of drug-likeness (QED) is 0.543. The topological polar surface area (TPSA) is 81.5 Å². The van der Waals surface area contributed by atoms with E-state index >= 15 is 0 Å². The van der Waals surface area contributed by atoms with Gasteiger partial charge in [-0.25, -0.2) is 9.07 Å². The predicted octanol–water partition coefficient (Wildman–Crippen LogP) is 3.21. The molecule has 3 heterocycles. The number of amides is 1. The van der Waals surface area contributed by atoms with Crippen molar-refractivity contribution >= 4 is 22.5 Å². The molecule has 7 nitrogen and oxygen atoms in total. The monoisotopic (exact) mass is 396 g/mol. The summed E-state index contributed by atoms with van der Waals surface area (Å²) in [6.45, 7) is 4.01. The van der Waals surface area contributed by atoms with Crippen LogP contribution >= 0.6 is 0 Å². The van der Waals surface area contributed by atoms with E-state index in [2.05, 4.69) is 10.4 Å². The van der Waals surface area contributed by atoms with Gasteiger partial charge in [0, 0.05) is 25.1 Å². The highest BCUT2D eigenvalue weighted by Gasteiger charge is 2.24. The average Bonchev–Trinajstić information content (AvgIpc) is 3.32. The molecular formula is C21H21FN4O3. The first-order valence-corrected chi connectivity index (χ1v) is 9.56. The fourth-order valence-corrected chi connectivity index (χ4v) is 3.51. The van der Waals surface area contributed by atoms with Gasteiger partial charge in [-0.15, -0.1) is 0 Å². The number of carbonyl (C=O) groups excluding carboxylic acids is 1. The van der Waals surface area contributed by atoms with Crippen LogP contribution in [0.5, 0.6) is 0 Å². The van der Waals surface area contributed by atoms with Crippen molar-refractivity contribution in [1.82, 2.24) is 19.5 Å². The van der Waals surface area contributed by atoms with Crippen molar-refractivity contribution in [1.29, 1.82) is 0 Å². The van der Waals surface area contributed by atoms with Crippen molar-refractivity contribution in [3.63, 3.8) is 0 Å². The van der Waals surface area contributed by atoms with E-state index in [1.54, 1.807) is 34.9 Å². The highest BCUT2D eigenvalue weighted by Crippen LogP contribution is 2.21. The number of benzene rings is 1. The lowest BCUT2D eigenvalue weighted by atomic mass is 10.2. The summed E-state index contributed by atoms with van der Waals surface area (Å²) < 4.78 is 21.5. The molecule has 0 aliphatic carbocycles. The molecule has 0 bridgehead atoms. The lowest BCUT2D eigenvalue weighted by Gasteiger charge is -2.18. The minimum atomic E-state index is -0.751. The maximum Gasteiger partial charge on any atom is 0.291 e. The van der Waals surface area contributed by atoms with Crippen LogP contribution < -0.4 is 10.9 Å². The fourth-order valence-electron chi connectivity index (χ4n) is 3.51. The Hall–Kier alpha value is -3.42. The van der Waals surface area contributed by atoms with Crippen LogP contribution in [0.25, 0.3) is 16.6 Å². The van der Waals surface area contributed by atoms with Gasteiger partial charge in [-0.2, -0.15) is 5.10 Å². The molecule has 3 aromatic heterocycles. The second kappa shape index (κ2) is 7.54. The Morgan fingerprint density at radius 3 is 2.66 bits per heavy atom. The van der Waals surface area contributed by atoms with Gasteiger partial charge in [-0.1, -0.05) is 26.0 Å². The van der Waals surface area contributed by atoms with Gasteiger partial charge in [0.1, 0.15) is 23.2 Å². The SMILES string of the molecule is CCc1nn([C@H](CC)C(=O)NCc2ccc(F)cc2)c(=O)c2cc3occc3n12. The van der Waals surface area contributed by atoms with E-state index < -0.39 is 6.04 Å². The Labute approximate surface area is 165 Å². The second-order valence-corrected chi connectivity index (χ2v) is 6.82. The predicted molar refractivity (Wildman–Crippen MR) is 106 cm³/mol. The van der Waals surface area contributed by atoms with Gasteiger partial charge in [0.05, 0.1) is 11.8 Å². The minimum absolute atomic E-state index is 0.241. The van der Waals surface area contributed by atoms with Gasteiger partial charge in [0.2, 0.25) is 5.91 Å². The molecule has 0 aliphatic heterocycles. The lowest BCUT2D eigenvalue weighted by Crippen LogP contribution is -2.39. The summed E-state index contributed by atoms with van der Waals surface area (Å²) in [5.41, 5.74) is 2.23. The molecule has 0 saturated heterocycles. The van der Waals surface area contributed by atoms with E-state index in [4.69, 9.17) is 4.42 Å². The van der Waals surface area contributed by atoms with Gasteiger partial charge >= 0.3 is 0 Å². The number of nitrogens with zero attached hydrogens (tertiary/aromatic N) is 3. The van der Waals surface area contributed by atoms with E-state index in [9.17, 15) is 14.0 Å². The van der Waals surface area contributed by atoms with Crippen molar-refractivity contribution in [2.24, 2.45) is 0 Å². The fraction of sp³-hybridized carbons (Fsp3) is 0.286. The summed E-state index contributed by atoms with van der Waals surface area (Å²) in [5, 5.41) is 7.31. The molecule has 1 aromatic carbocycles. The molecule has 0 fully saturated rings. The first-order chi connectivity index (χ1) is 14.0. The Morgan fingerprint density at radius 2 is 1.97 bits per heavy atom. The molecule has 0 spiro atoms. The largest absolute Gasteiger partial charge is 0.463 e. The van der Waals surface area contributed by atoms with Crippen LogP contribution in [0, 0.1) is 5.82 Å². The molecule has 150 valence electrons. The highest BCUT2D eigenvalue weighted by molar-refractivity contribution is 5.83. The summed E-state index contributed by atoms with van der Waals surface area (Å²) in [6.07, 6.45) is 2.55. The summed E-state index contributed by atoms with van der Waals surface area (Å²) in [4.78, 5) is 25.9. The molecule has 1 amide bonds. The lowest BCUT2D eigenvalue weighted by molar-refractivity contribution is -0.125. The molecule has 0 radical (unpaired) electrons. The van der Waals surface area contributed by atoms with E-state index in [-0.39, 0.29) is 23.8 Å². The number of halogens is 1. The molecule has 4 rings (SSSR count). The van der Waals surface area contributed by atoms with Crippen LogP contribution in [0.4, 0.5) is 4.39 Å². The molecule has 4 aromatic rings. The Balaban J connectivity index is 1.69. The Morgan fingerprint density at radius 1 is 1.21 bits per heavy atom. The summed E-state index contributed by atoms with van der Waals surface area (Å²) in [7, 11) is 0. The zero-order valence-corrected chi connectivity index (χ0v) is 16.2. The number of aromatic nitrogens is 3. The standard InChI is InChI=1S/C21H21FN4O3/c1-3-15(20(27)23-12-13-5-7-14(22)8-6-13)26-21(28)17-11-18-16(9-10-29-18)25(17)19(4-2)24-26/h5-11,15H,3-4,12H2,1-2H3,(H,23,27)/t15-/m1/s1. The maximum atomic E-state index is 13.1. The third-order valence-corrected chi connectivity index (χ3v) is 5.01. The van der Waals surface area contributed by atoms with Crippen molar-refractivity contribution in [3.8, 4) is 0 Å². The van der Waals surface area contributed by atoms with Crippen molar-refractivity contribution in [2.75, 3.05) is 0 Å². The number of carbonyl (C=O) groups is 1. The van der Waals surface area contributed by atoms with Gasteiger partial charge in [0.15, 0.2) is 5.58 Å². The molecule has 0 unspecified atom stereocenters. The number of aryl methyl sites for hydroxylation is 1. The molecule has 0 aliphatic rings. The van der Waals surface area contributed by atoms with E-state index in [0.717, 1.165) is 11.1 Å². The molecule has 8 heteroatoms. The van der Waals surface area contributed by atoms with Crippen LogP contribution in [0.15, 0.2) is 51.9 Å². The van der Waals surface area contributed by atoms with Crippen molar-refractivity contribution in [3.05, 3.63) is 70.2 Å². The zero-order chi connectivity index (χ0) is 20.5. The zero-order valence-electron chi connectivity index (χ0n) is 16.2. The molecular weight excluding hydrogens is 375 g/mol. The third-order valence-electron chi connectivity index (χ3n) is 5.01. The van der Waals surface area contributed by atoms with E-state index in [1.165, 1.54) is 16.8 Å². The highest BCUT2D eigenvalue weighted by atomic mass is 19.1. The minimum Gasteiger partial charge on any atom is -0.463 e. The molecule has 0 saturated carbocycles. The van der Waals surface area contributed by atoms with Crippen LogP contribution in [0.1, 0.15) is 37.7 Å². The van der Waals surface area contributed by atoms with Crippen molar-refractivity contribution < 1.29 is 13.6 Å². The Kier molecular flexibility index (Phi) is 4.92. The second-order valence-electron chi connectivity index (χ2n) is 6.82. The third kappa shape index (κ3) is 3.30. The van der Waals surface area contributed by atoms with Gasteiger partial charge in [0.25, 0.3) is 5.56 Å². The number of nitrogens with one attached hydrogen (secondary N) is 1. The summed E-state index contributed by atoms with van der Waals surface area (Å²) in [6, 6.07) is 8.62. The summed E-state index contributed by atoms with van der Waals surface area (Å²) >= 11 is 0. The Bertz CT molecular complexity index is 1240. The average molecular weight is 396 g/mol. The first-order valence-electron chi connectivity index (χ1n) is 9.56. The van der Waals surface area contributed by atoms with Crippen LogP contribution in [-0.2, 0) is 17.8 Å². The summed E-state index contributed by atoms with van der Waals surface area (Å²) in [5.74, 6) is 0.0226. The van der Waals surface area contributed by atoms with Gasteiger partial charge in [-0.05, 0) is 24.1 Å². The maximum absolute atomic E-state index is 13.1. The van der Waals surface area contributed by atoms with E-state index in [0.29, 0.717) is 29.8 Å². The smallest absolute Gasteiger partial charge is 0.291 e. The van der Waals surface area contributed by atoms with Gasteiger partial charge < -0.3 is 9.73 Å². The molecule has 1 atom stereocenters. The normalized spacial score (nSPS) is 12.5.